The highest BCUT2D eigenvalue weighted by Crippen LogP contribution is 2.33. The molecule has 0 spiro atoms. The molecule has 0 unspecified atom stereocenters. The first-order valence-electron chi connectivity index (χ1n) is 9.30. The lowest BCUT2D eigenvalue weighted by atomic mass is 9.93. The number of benzene rings is 1. The van der Waals surface area contributed by atoms with E-state index in [1.165, 1.54) is 4.52 Å². The fourth-order valence-electron chi connectivity index (χ4n) is 3.63. The molecule has 28 heavy (non-hydrogen) atoms. The Morgan fingerprint density at radius 1 is 1.29 bits per heavy atom. The van der Waals surface area contributed by atoms with Crippen molar-refractivity contribution in [2.45, 2.75) is 32.4 Å². The average Bonchev–Trinajstić information content (AvgIpc) is 3.11. The molecule has 0 radical (unpaired) electrons. The molecule has 0 aliphatic carbocycles. The number of fused-ring (bicyclic) bond motifs is 1. The van der Waals surface area contributed by atoms with Crippen LogP contribution in [-0.2, 0) is 11.3 Å². The monoisotopic (exact) mass is 382 g/mol. The number of hydrogen-bond acceptors (Lipinski definition) is 5. The summed E-state index contributed by atoms with van der Waals surface area (Å²) < 4.78 is 6.80. The number of amides is 1. The lowest BCUT2D eigenvalue weighted by Crippen LogP contribution is -2.42. The zero-order valence-electron chi connectivity index (χ0n) is 15.5. The van der Waals surface area contributed by atoms with Gasteiger partial charge in [0.25, 0.3) is 5.56 Å². The number of rotatable bonds is 3. The van der Waals surface area contributed by atoms with E-state index < -0.39 is 11.7 Å². The highest BCUT2D eigenvalue weighted by Gasteiger charge is 2.34. The van der Waals surface area contributed by atoms with Crippen molar-refractivity contribution in [2.24, 2.45) is 5.92 Å². The lowest BCUT2D eigenvalue weighted by Gasteiger charge is -2.36. The Bertz CT molecular complexity index is 1040. The van der Waals surface area contributed by atoms with Gasteiger partial charge in [0.2, 0.25) is 5.88 Å². The van der Waals surface area contributed by atoms with Crippen molar-refractivity contribution in [1.29, 1.82) is 0 Å². The van der Waals surface area contributed by atoms with Crippen molar-refractivity contribution in [3.63, 3.8) is 0 Å². The zero-order valence-corrected chi connectivity index (χ0v) is 15.5. The van der Waals surface area contributed by atoms with Crippen molar-refractivity contribution in [3.05, 3.63) is 64.1 Å². The molecule has 0 saturated carbocycles. The van der Waals surface area contributed by atoms with Gasteiger partial charge in [-0.05, 0) is 24.3 Å². The van der Waals surface area contributed by atoms with Gasteiger partial charge in [-0.1, -0.05) is 37.3 Å². The molecule has 1 amide bonds. The Hall–Kier alpha value is -3.29. The van der Waals surface area contributed by atoms with Gasteiger partial charge in [0, 0.05) is 12.6 Å². The van der Waals surface area contributed by atoms with E-state index in [1.54, 1.807) is 11.0 Å². The Kier molecular flexibility index (Phi) is 4.77. The predicted octanol–water partition coefficient (Wildman–Crippen LogP) is 2.84. The molecule has 2 aromatic heterocycles. The number of hydrogen-bond donors (Lipinski definition) is 2. The van der Waals surface area contributed by atoms with Crippen molar-refractivity contribution < 1.29 is 14.6 Å². The molecule has 1 fully saturated rings. The number of nitrogens with one attached hydrogen (secondary N) is 1. The highest BCUT2D eigenvalue weighted by molar-refractivity contribution is 5.68. The fourth-order valence-corrected chi connectivity index (χ4v) is 3.63. The molecule has 2 N–H and O–H groups in total. The second-order valence-corrected chi connectivity index (χ2v) is 7.25. The normalized spacial score (nSPS) is 19.7. The molecule has 8 nitrogen and oxygen atoms in total. The number of aromatic amines is 1. The van der Waals surface area contributed by atoms with Crippen LogP contribution in [0.1, 0.15) is 37.1 Å². The Balaban J connectivity index is 1.58. The number of nitrogens with zero attached hydrogens (tertiary/aromatic N) is 3. The van der Waals surface area contributed by atoms with Crippen molar-refractivity contribution in [3.8, 4) is 5.88 Å². The molecule has 3 aromatic rings. The quantitative estimate of drug-likeness (QED) is 0.726. The minimum Gasteiger partial charge on any atom is -0.493 e. The molecule has 1 aromatic carbocycles. The minimum absolute atomic E-state index is 0.205. The fraction of sp³-hybridized carbons (Fsp3) is 0.350. The van der Waals surface area contributed by atoms with E-state index in [9.17, 15) is 14.7 Å². The van der Waals surface area contributed by atoms with Crippen LogP contribution in [0.5, 0.6) is 5.88 Å². The first-order chi connectivity index (χ1) is 13.5. The van der Waals surface area contributed by atoms with Gasteiger partial charge in [0.05, 0.1) is 17.8 Å². The zero-order chi connectivity index (χ0) is 19.7. The number of ether oxygens (including phenoxy) is 1. The summed E-state index contributed by atoms with van der Waals surface area (Å²) in [4.78, 5) is 28.7. The Morgan fingerprint density at radius 3 is 2.86 bits per heavy atom. The number of aromatic nitrogens is 3. The van der Waals surface area contributed by atoms with Gasteiger partial charge in [-0.3, -0.25) is 9.69 Å². The van der Waals surface area contributed by atoms with Crippen LogP contribution in [0.3, 0.4) is 0 Å². The van der Waals surface area contributed by atoms with Gasteiger partial charge < -0.3 is 14.8 Å². The Morgan fingerprint density at radius 2 is 2.07 bits per heavy atom. The van der Waals surface area contributed by atoms with Gasteiger partial charge in [-0.2, -0.15) is 9.61 Å². The smallest absolute Gasteiger partial charge is 0.410 e. The third-order valence-electron chi connectivity index (χ3n) is 5.06. The number of likely N-dealkylation sites (tertiary alicyclic amines) is 1. The molecule has 4 rings (SSSR count). The maximum atomic E-state index is 12.8. The van der Waals surface area contributed by atoms with E-state index >= 15 is 0 Å². The van der Waals surface area contributed by atoms with Crippen molar-refractivity contribution in [2.75, 3.05) is 6.54 Å². The summed E-state index contributed by atoms with van der Waals surface area (Å²) in [5.41, 5.74) is 1.51. The van der Waals surface area contributed by atoms with E-state index in [2.05, 4.69) is 17.0 Å². The molecule has 146 valence electrons. The topological polar surface area (TPSA) is 99.9 Å². The molecule has 1 saturated heterocycles. The molecule has 1 aliphatic heterocycles. The summed E-state index contributed by atoms with van der Waals surface area (Å²) in [6.45, 7) is 2.87. The molecule has 0 bridgehead atoms. The van der Waals surface area contributed by atoms with Crippen LogP contribution in [0.4, 0.5) is 4.79 Å². The molecule has 1 aliphatic rings. The van der Waals surface area contributed by atoms with E-state index in [1.807, 2.05) is 30.3 Å². The van der Waals surface area contributed by atoms with Gasteiger partial charge in [-0.25, -0.2) is 4.79 Å². The number of H-pyrrole nitrogens is 1. The van der Waals surface area contributed by atoms with Crippen molar-refractivity contribution >= 4 is 11.7 Å². The van der Waals surface area contributed by atoms with Gasteiger partial charge in [0.1, 0.15) is 12.3 Å². The van der Waals surface area contributed by atoms with E-state index in [-0.39, 0.29) is 18.5 Å². The van der Waals surface area contributed by atoms with Crippen LogP contribution in [0, 0.1) is 5.92 Å². The third-order valence-corrected chi connectivity index (χ3v) is 5.06. The summed E-state index contributed by atoms with van der Waals surface area (Å²) in [6.07, 6.45) is 1.29. The highest BCUT2D eigenvalue weighted by atomic mass is 16.6. The third kappa shape index (κ3) is 3.58. The van der Waals surface area contributed by atoms with Crippen molar-refractivity contribution in [1.82, 2.24) is 19.5 Å². The standard InChI is InChI=1S/C20H22N4O4/c1-13-7-8-16(15-9-17-21-18(25)10-19(26)24(17)22-15)23(11-13)20(27)28-12-14-5-3-2-4-6-14/h2-6,9-10,13,16,26H,7-8,11-12H2,1H3,(H,21,25)/t13-,16-/m0/s1. The van der Waals surface area contributed by atoms with Gasteiger partial charge >= 0.3 is 6.09 Å². The summed E-state index contributed by atoms with van der Waals surface area (Å²) >= 11 is 0. The van der Waals surface area contributed by atoms with E-state index in [0.29, 0.717) is 23.8 Å². The largest absolute Gasteiger partial charge is 0.493 e. The van der Waals surface area contributed by atoms with Crippen LogP contribution in [0.25, 0.3) is 5.65 Å². The van der Waals surface area contributed by atoms with Gasteiger partial charge in [-0.15, -0.1) is 0 Å². The van der Waals surface area contributed by atoms with Crippen LogP contribution in [0.15, 0.2) is 47.3 Å². The Labute approximate surface area is 161 Å². The number of aromatic hydroxyl groups is 1. The maximum absolute atomic E-state index is 12.8. The van der Waals surface area contributed by atoms with E-state index in [0.717, 1.165) is 24.5 Å². The number of carbonyl (C=O) groups is 1. The van der Waals surface area contributed by atoms with Crippen LogP contribution in [-0.4, -0.2) is 37.2 Å². The molecular weight excluding hydrogens is 360 g/mol. The van der Waals surface area contributed by atoms with E-state index in [4.69, 9.17) is 4.74 Å². The number of piperidine rings is 1. The second kappa shape index (κ2) is 7.38. The predicted molar refractivity (Wildman–Crippen MR) is 102 cm³/mol. The maximum Gasteiger partial charge on any atom is 0.410 e. The second-order valence-electron chi connectivity index (χ2n) is 7.25. The minimum atomic E-state index is -0.409. The van der Waals surface area contributed by atoms with Gasteiger partial charge in [0.15, 0.2) is 0 Å². The summed E-state index contributed by atoms with van der Waals surface area (Å²) in [5, 5.41) is 14.4. The first-order valence-corrected chi connectivity index (χ1v) is 9.30. The van der Waals surface area contributed by atoms with Crippen LogP contribution in [0.2, 0.25) is 0 Å². The molecular formula is C20H22N4O4. The van der Waals surface area contributed by atoms with Crippen LogP contribution < -0.4 is 5.56 Å². The van der Waals surface area contributed by atoms with Crippen LogP contribution >= 0.6 is 0 Å². The summed E-state index contributed by atoms with van der Waals surface area (Å²) in [7, 11) is 0. The first kappa shape index (κ1) is 18.1. The molecule has 8 heteroatoms. The molecule has 2 atom stereocenters. The molecule has 3 heterocycles. The summed E-state index contributed by atoms with van der Waals surface area (Å²) in [6, 6.07) is 12.0. The number of carbonyl (C=O) groups excluding carboxylic acids is 1. The average molecular weight is 382 g/mol. The summed E-state index contributed by atoms with van der Waals surface area (Å²) in [5.74, 6) is 0.109. The lowest BCUT2D eigenvalue weighted by molar-refractivity contribution is 0.0553. The SMILES string of the molecule is C[C@H]1CC[C@@H](c2cc3[nH]c(=O)cc(O)n3n2)N(C(=O)OCc2ccccc2)C1.